The van der Waals surface area contributed by atoms with Crippen molar-refractivity contribution in [2.24, 2.45) is 5.10 Å². The van der Waals surface area contributed by atoms with E-state index in [1.54, 1.807) is 6.07 Å². The molecule has 1 amide bonds. The molecule has 0 heterocycles. The van der Waals surface area contributed by atoms with Gasteiger partial charge in [-0.25, -0.2) is 5.43 Å². The summed E-state index contributed by atoms with van der Waals surface area (Å²) >= 11 is 5.76. The highest BCUT2D eigenvalue weighted by molar-refractivity contribution is 6.32. The van der Waals surface area contributed by atoms with Crippen molar-refractivity contribution in [1.29, 1.82) is 0 Å². The molecule has 0 aromatic heterocycles. The number of hydrogen-bond donors (Lipinski definition) is 3. The Morgan fingerprint density at radius 3 is 2.54 bits per heavy atom. The van der Waals surface area contributed by atoms with Gasteiger partial charge in [-0.1, -0.05) is 60.1 Å². The fraction of sp³-hybridized carbons (Fsp3) is 0.0476. The number of nitrogens with zero attached hydrogens (tertiary/aromatic N) is 1. The average Bonchev–Trinajstić information content (AvgIpc) is 2.71. The fourth-order valence-corrected chi connectivity index (χ4v) is 2.71. The van der Waals surface area contributed by atoms with Gasteiger partial charge in [0.2, 0.25) is 0 Å². The summed E-state index contributed by atoms with van der Waals surface area (Å²) in [5.74, 6) is -0.647. The largest absolute Gasteiger partial charge is 0.504 e. The van der Waals surface area contributed by atoms with Crippen LogP contribution in [-0.4, -0.2) is 28.9 Å². The van der Waals surface area contributed by atoms with Crippen molar-refractivity contribution in [2.75, 3.05) is 6.61 Å². The summed E-state index contributed by atoms with van der Waals surface area (Å²) in [6.45, 7) is -0.219. The van der Waals surface area contributed by atoms with Gasteiger partial charge in [0.1, 0.15) is 5.75 Å². The van der Waals surface area contributed by atoms with Crippen LogP contribution in [0.5, 0.6) is 17.2 Å². The molecule has 0 fully saturated rings. The minimum absolute atomic E-state index is 0.0198. The van der Waals surface area contributed by atoms with Crippen LogP contribution in [-0.2, 0) is 4.79 Å². The standard InChI is InChI=1S/C21H17ClN2O4/c22-17-10-14(11-18(25)21(17)27)12-23-24-20(26)13-28-19-9-5-4-8-16(19)15-6-2-1-3-7-15/h1-12,25,27H,13H2,(H,24,26)/b23-12+. The Morgan fingerprint density at radius 2 is 1.79 bits per heavy atom. The molecule has 3 aromatic rings. The Bertz CT molecular complexity index is 983. The van der Waals surface area contributed by atoms with E-state index in [4.69, 9.17) is 16.3 Å². The molecular weight excluding hydrogens is 380 g/mol. The van der Waals surface area contributed by atoms with E-state index in [1.807, 2.05) is 48.5 Å². The normalized spacial score (nSPS) is 10.8. The van der Waals surface area contributed by atoms with Crippen LogP contribution in [0.25, 0.3) is 11.1 Å². The lowest BCUT2D eigenvalue weighted by atomic mass is 10.1. The first kappa shape index (κ1) is 19.3. The van der Waals surface area contributed by atoms with Crippen molar-refractivity contribution < 1.29 is 19.7 Å². The van der Waals surface area contributed by atoms with Gasteiger partial charge in [-0.3, -0.25) is 4.79 Å². The molecule has 3 aromatic carbocycles. The summed E-state index contributed by atoms with van der Waals surface area (Å²) in [6, 6.07) is 19.8. The van der Waals surface area contributed by atoms with Gasteiger partial charge >= 0.3 is 0 Å². The van der Waals surface area contributed by atoms with Gasteiger partial charge in [0.05, 0.1) is 11.2 Å². The smallest absolute Gasteiger partial charge is 0.277 e. The lowest BCUT2D eigenvalue weighted by molar-refractivity contribution is -0.123. The molecule has 0 saturated heterocycles. The van der Waals surface area contributed by atoms with E-state index in [0.29, 0.717) is 11.3 Å². The average molecular weight is 397 g/mol. The number of rotatable bonds is 6. The molecule has 7 heteroatoms. The van der Waals surface area contributed by atoms with Crippen LogP contribution in [0.1, 0.15) is 5.56 Å². The van der Waals surface area contributed by atoms with Crippen molar-refractivity contribution in [3.8, 4) is 28.4 Å². The fourth-order valence-electron chi connectivity index (χ4n) is 2.48. The second-order valence-electron chi connectivity index (χ2n) is 5.81. The molecule has 3 N–H and O–H groups in total. The number of hydrazone groups is 1. The highest BCUT2D eigenvalue weighted by atomic mass is 35.5. The van der Waals surface area contributed by atoms with E-state index < -0.39 is 11.7 Å². The summed E-state index contributed by atoms with van der Waals surface area (Å²) < 4.78 is 5.63. The molecule has 0 saturated carbocycles. The molecule has 3 rings (SSSR count). The topological polar surface area (TPSA) is 91.2 Å². The van der Waals surface area contributed by atoms with E-state index in [0.717, 1.165) is 11.1 Å². The van der Waals surface area contributed by atoms with Crippen molar-refractivity contribution in [3.05, 3.63) is 77.3 Å². The maximum Gasteiger partial charge on any atom is 0.277 e. The summed E-state index contributed by atoms with van der Waals surface area (Å²) in [5, 5.41) is 22.7. The van der Waals surface area contributed by atoms with Gasteiger partial charge in [0.15, 0.2) is 18.1 Å². The molecule has 0 bridgehead atoms. The second kappa shape index (κ2) is 8.92. The first-order chi connectivity index (χ1) is 13.5. The number of carbonyl (C=O) groups excluding carboxylic acids is 1. The predicted octanol–water partition coefficient (Wildman–Crippen LogP) is 3.95. The SMILES string of the molecule is O=C(COc1ccccc1-c1ccccc1)N/N=C/c1cc(O)c(O)c(Cl)c1. The lowest BCUT2D eigenvalue weighted by Crippen LogP contribution is -2.24. The summed E-state index contributed by atoms with van der Waals surface area (Å²) in [6.07, 6.45) is 1.29. The van der Waals surface area contributed by atoms with Crippen molar-refractivity contribution in [1.82, 2.24) is 5.43 Å². The third-order valence-corrected chi connectivity index (χ3v) is 4.09. The van der Waals surface area contributed by atoms with Crippen molar-refractivity contribution >= 4 is 23.7 Å². The van der Waals surface area contributed by atoms with Gasteiger partial charge in [-0.05, 0) is 29.3 Å². The number of nitrogens with one attached hydrogen (secondary N) is 1. The number of phenolic OH excluding ortho intramolecular Hbond substituents is 2. The monoisotopic (exact) mass is 396 g/mol. The van der Waals surface area contributed by atoms with Gasteiger partial charge in [-0.2, -0.15) is 5.10 Å². The summed E-state index contributed by atoms with van der Waals surface area (Å²) in [4.78, 5) is 12.0. The second-order valence-corrected chi connectivity index (χ2v) is 6.22. The number of para-hydroxylation sites is 1. The summed E-state index contributed by atoms with van der Waals surface area (Å²) in [5.41, 5.74) is 4.61. The van der Waals surface area contributed by atoms with Crippen LogP contribution >= 0.6 is 11.6 Å². The Labute approximate surface area is 166 Å². The molecule has 28 heavy (non-hydrogen) atoms. The molecule has 0 aliphatic rings. The number of benzene rings is 3. The van der Waals surface area contributed by atoms with Crippen LogP contribution in [0.15, 0.2) is 71.8 Å². The van der Waals surface area contributed by atoms with Crippen LogP contribution in [0.4, 0.5) is 0 Å². The number of aromatic hydroxyl groups is 2. The first-order valence-corrected chi connectivity index (χ1v) is 8.73. The number of hydrogen-bond acceptors (Lipinski definition) is 5. The van der Waals surface area contributed by atoms with Gasteiger partial charge in [0.25, 0.3) is 5.91 Å². The summed E-state index contributed by atoms with van der Waals surface area (Å²) in [7, 11) is 0. The molecular formula is C21H17ClN2O4. The van der Waals surface area contributed by atoms with Crippen LogP contribution < -0.4 is 10.2 Å². The van der Waals surface area contributed by atoms with E-state index in [2.05, 4.69) is 10.5 Å². The number of ether oxygens (including phenoxy) is 1. The van der Waals surface area contributed by atoms with E-state index in [1.165, 1.54) is 18.3 Å². The van der Waals surface area contributed by atoms with Crippen LogP contribution in [0.3, 0.4) is 0 Å². The van der Waals surface area contributed by atoms with Crippen LogP contribution in [0, 0.1) is 0 Å². The highest BCUT2D eigenvalue weighted by Gasteiger charge is 2.08. The molecule has 0 unspecified atom stereocenters. The maximum atomic E-state index is 12.0. The molecule has 0 radical (unpaired) electrons. The maximum absolute atomic E-state index is 12.0. The Kier molecular flexibility index (Phi) is 6.14. The van der Waals surface area contributed by atoms with Crippen LogP contribution in [0.2, 0.25) is 5.02 Å². The molecule has 0 atom stereocenters. The van der Waals surface area contributed by atoms with E-state index >= 15 is 0 Å². The van der Waals surface area contributed by atoms with Crippen molar-refractivity contribution in [3.63, 3.8) is 0 Å². The third-order valence-electron chi connectivity index (χ3n) is 3.80. The quantitative estimate of drug-likeness (QED) is 0.334. The van der Waals surface area contributed by atoms with E-state index in [9.17, 15) is 15.0 Å². The Morgan fingerprint density at radius 1 is 1.07 bits per heavy atom. The van der Waals surface area contributed by atoms with Crippen molar-refractivity contribution in [2.45, 2.75) is 0 Å². The molecule has 6 nitrogen and oxygen atoms in total. The number of phenols is 2. The molecule has 142 valence electrons. The number of amides is 1. The van der Waals surface area contributed by atoms with E-state index in [-0.39, 0.29) is 17.4 Å². The Balaban J connectivity index is 1.60. The van der Waals surface area contributed by atoms with Gasteiger partial charge in [-0.15, -0.1) is 0 Å². The third kappa shape index (κ3) is 4.81. The first-order valence-electron chi connectivity index (χ1n) is 8.35. The highest BCUT2D eigenvalue weighted by Crippen LogP contribution is 2.33. The Hall–Kier alpha value is -3.51. The minimum Gasteiger partial charge on any atom is -0.504 e. The van der Waals surface area contributed by atoms with Gasteiger partial charge < -0.3 is 14.9 Å². The zero-order valence-corrected chi connectivity index (χ0v) is 15.4. The molecule has 0 aliphatic heterocycles. The lowest BCUT2D eigenvalue weighted by Gasteiger charge is -2.10. The number of carbonyl (C=O) groups is 1. The molecule has 0 spiro atoms. The zero-order chi connectivity index (χ0) is 19.9. The zero-order valence-electron chi connectivity index (χ0n) is 14.7. The predicted molar refractivity (Wildman–Crippen MR) is 108 cm³/mol. The number of halogens is 1. The minimum atomic E-state index is -0.451. The molecule has 0 aliphatic carbocycles. The van der Waals surface area contributed by atoms with Gasteiger partial charge in [0, 0.05) is 5.56 Å².